The Hall–Kier alpha value is -2.46. The number of oxazole rings is 1. The highest BCUT2D eigenvalue weighted by Crippen LogP contribution is 2.20. The number of nitrogens with zero attached hydrogens (tertiary/aromatic N) is 2. The Bertz CT molecular complexity index is 815. The molecule has 0 aliphatic carbocycles. The standard InChI is InChI=1S/C19H17ClN2O2/c20-15-9-3-1-7-14(15)8-2-4-11-17(23)19-22-13-18(24-19)16-10-5-6-12-21-16/h1,3,5-7,9-10,12-13H,2,4,8,11H2. The minimum absolute atomic E-state index is 0.0867. The third-order valence-corrected chi connectivity index (χ3v) is 4.09. The van der Waals surface area contributed by atoms with Gasteiger partial charge in [-0.05, 0) is 43.0 Å². The largest absolute Gasteiger partial charge is 0.432 e. The molecule has 24 heavy (non-hydrogen) atoms. The van der Waals surface area contributed by atoms with Crippen LogP contribution in [0.15, 0.2) is 59.3 Å². The molecular formula is C19H17ClN2O2. The molecule has 0 atom stereocenters. The predicted octanol–water partition coefficient (Wildman–Crippen LogP) is 4.99. The number of Topliss-reactive ketones (excluding diaryl/α,β-unsaturated/α-hetero) is 1. The number of ketones is 1. The van der Waals surface area contributed by atoms with Gasteiger partial charge in [-0.25, -0.2) is 4.98 Å². The van der Waals surface area contributed by atoms with Gasteiger partial charge >= 0.3 is 0 Å². The van der Waals surface area contributed by atoms with Crippen molar-refractivity contribution in [3.05, 3.63) is 71.3 Å². The molecule has 0 saturated heterocycles. The summed E-state index contributed by atoms with van der Waals surface area (Å²) in [5.74, 6) is 0.569. The van der Waals surface area contributed by atoms with Crippen LogP contribution >= 0.6 is 11.6 Å². The number of carbonyl (C=O) groups is 1. The number of aromatic nitrogens is 2. The Morgan fingerprint density at radius 2 is 1.88 bits per heavy atom. The molecule has 3 rings (SSSR count). The van der Waals surface area contributed by atoms with E-state index < -0.39 is 0 Å². The molecule has 0 unspecified atom stereocenters. The lowest BCUT2D eigenvalue weighted by Crippen LogP contribution is -1.99. The Morgan fingerprint density at radius 1 is 1.04 bits per heavy atom. The van der Waals surface area contributed by atoms with Crippen molar-refractivity contribution in [1.29, 1.82) is 0 Å². The van der Waals surface area contributed by atoms with Gasteiger partial charge in [0.1, 0.15) is 5.69 Å². The second-order valence-corrected chi connectivity index (χ2v) is 5.87. The molecule has 2 aromatic heterocycles. The van der Waals surface area contributed by atoms with E-state index >= 15 is 0 Å². The van der Waals surface area contributed by atoms with E-state index in [0.717, 1.165) is 29.8 Å². The molecule has 4 nitrogen and oxygen atoms in total. The van der Waals surface area contributed by atoms with E-state index in [9.17, 15) is 4.79 Å². The van der Waals surface area contributed by atoms with Crippen LogP contribution in [0, 0.1) is 0 Å². The topological polar surface area (TPSA) is 56.0 Å². The summed E-state index contributed by atoms with van der Waals surface area (Å²) in [5.41, 5.74) is 1.78. The van der Waals surface area contributed by atoms with Crippen LogP contribution in [0.1, 0.15) is 35.5 Å². The highest BCUT2D eigenvalue weighted by atomic mass is 35.5. The van der Waals surface area contributed by atoms with Crippen LogP contribution in [0.5, 0.6) is 0 Å². The fraction of sp³-hybridized carbons (Fsp3) is 0.211. The van der Waals surface area contributed by atoms with Crippen molar-refractivity contribution in [3.8, 4) is 11.5 Å². The van der Waals surface area contributed by atoms with E-state index in [1.54, 1.807) is 12.4 Å². The Labute approximate surface area is 145 Å². The van der Waals surface area contributed by atoms with E-state index in [1.807, 2.05) is 42.5 Å². The molecule has 0 amide bonds. The number of hydrogen-bond donors (Lipinski definition) is 0. The zero-order valence-electron chi connectivity index (χ0n) is 13.1. The van der Waals surface area contributed by atoms with Crippen LogP contribution in [0.3, 0.4) is 0 Å². The first-order valence-electron chi connectivity index (χ1n) is 7.88. The molecule has 3 aromatic rings. The van der Waals surface area contributed by atoms with Gasteiger partial charge in [0.25, 0.3) is 5.89 Å². The molecule has 1 aromatic carbocycles. The van der Waals surface area contributed by atoms with E-state index in [4.69, 9.17) is 16.0 Å². The van der Waals surface area contributed by atoms with Gasteiger partial charge in [-0.15, -0.1) is 0 Å². The quantitative estimate of drug-likeness (QED) is 0.449. The Balaban J connectivity index is 1.51. The van der Waals surface area contributed by atoms with Crippen molar-refractivity contribution >= 4 is 17.4 Å². The number of carbonyl (C=O) groups excluding carboxylic acids is 1. The summed E-state index contributed by atoms with van der Waals surface area (Å²) in [6.07, 6.45) is 6.15. The van der Waals surface area contributed by atoms with Gasteiger partial charge in [-0.2, -0.15) is 0 Å². The highest BCUT2D eigenvalue weighted by molar-refractivity contribution is 6.31. The molecule has 5 heteroatoms. The molecule has 122 valence electrons. The molecule has 0 fully saturated rings. The van der Waals surface area contributed by atoms with Crippen LogP contribution < -0.4 is 0 Å². The summed E-state index contributed by atoms with van der Waals surface area (Å²) in [7, 11) is 0. The maximum Gasteiger partial charge on any atom is 0.263 e. The number of rotatable bonds is 7. The molecule has 0 spiro atoms. The maximum atomic E-state index is 12.2. The fourth-order valence-corrected chi connectivity index (χ4v) is 2.67. The lowest BCUT2D eigenvalue weighted by atomic mass is 10.1. The van der Waals surface area contributed by atoms with Gasteiger partial charge in [0.2, 0.25) is 5.78 Å². The summed E-state index contributed by atoms with van der Waals surface area (Å²) in [4.78, 5) is 20.4. The third kappa shape index (κ3) is 4.09. The summed E-state index contributed by atoms with van der Waals surface area (Å²) in [5, 5.41) is 0.775. The monoisotopic (exact) mass is 340 g/mol. The van der Waals surface area contributed by atoms with Crippen molar-refractivity contribution in [1.82, 2.24) is 9.97 Å². The van der Waals surface area contributed by atoms with Crippen LogP contribution in [-0.4, -0.2) is 15.8 Å². The normalized spacial score (nSPS) is 10.7. The van der Waals surface area contributed by atoms with Crippen molar-refractivity contribution < 1.29 is 9.21 Å². The smallest absolute Gasteiger partial charge is 0.263 e. The zero-order chi connectivity index (χ0) is 16.8. The number of halogens is 1. The minimum atomic E-state index is -0.0867. The van der Waals surface area contributed by atoms with Gasteiger partial charge in [-0.3, -0.25) is 9.78 Å². The van der Waals surface area contributed by atoms with Crippen molar-refractivity contribution in [2.24, 2.45) is 0 Å². The van der Waals surface area contributed by atoms with Gasteiger partial charge in [0.15, 0.2) is 5.76 Å². The first-order chi connectivity index (χ1) is 11.7. The molecule has 0 radical (unpaired) electrons. The average Bonchev–Trinajstić information content (AvgIpc) is 3.11. The van der Waals surface area contributed by atoms with Crippen LogP contribution in [0.4, 0.5) is 0 Å². The fourth-order valence-electron chi connectivity index (χ4n) is 2.44. The Kier molecular flexibility index (Phi) is 5.39. The van der Waals surface area contributed by atoms with Crippen molar-refractivity contribution in [2.75, 3.05) is 0 Å². The highest BCUT2D eigenvalue weighted by Gasteiger charge is 2.14. The van der Waals surface area contributed by atoms with E-state index in [2.05, 4.69) is 9.97 Å². The van der Waals surface area contributed by atoms with Gasteiger partial charge in [-0.1, -0.05) is 35.9 Å². The van der Waals surface area contributed by atoms with Crippen LogP contribution in [-0.2, 0) is 6.42 Å². The molecular weight excluding hydrogens is 324 g/mol. The number of benzene rings is 1. The summed E-state index contributed by atoms with van der Waals surface area (Å²) < 4.78 is 5.52. The average molecular weight is 341 g/mol. The first kappa shape index (κ1) is 16.4. The van der Waals surface area contributed by atoms with Gasteiger partial charge in [0.05, 0.1) is 6.20 Å². The summed E-state index contributed by atoms with van der Waals surface area (Å²) in [6.45, 7) is 0. The van der Waals surface area contributed by atoms with Gasteiger partial charge in [0, 0.05) is 17.6 Å². The van der Waals surface area contributed by atoms with Gasteiger partial charge < -0.3 is 4.42 Å². The lowest BCUT2D eigenvalue weighted by Gasteiger charge is -2.03. The molecule has 2 heterocycles. The number of aryl methyl sites for hydroxylation is 1. The number of hydrogen-bond acceptors (Lipinski definition) is 4. The van der Waals surface area contributed by atoms with Crippen LogP contribution in [0.2, 0.25) is 5.02 Å². The number of pyridine rings is 1. The summed E-state index contributed by atoms with van der Waals surface area (Å²) >= 11 is 6.12. The van der Waals surface area contributed by atoms with E-state index in [0.29, 0.717) is 17.9 Å². The molecule has 0 aliphatic heterocycles. The second kappa shape index (κ2) is 7.88. The molecule has 0 aliphatic rings. The van der Waals surface area contributed by atoms with Crippen molar-refractivity contribution in [3.63, 3.8) is 0 Å². The first-order valence-corrected chi connectivity index (χ1v) is 8.25. The third-order valence-electron chi connectivity index (χ3n) is 3.72. The molecule has 0 N–H and O–H groups in total. The number of unbranched alkanes of at least 4 members (excludes halogenated alkanes) is 1. The zero-order valence-corrected chi connectivity index (χ0v) is 13.9. The molecule has 0 bridgehead atoms. The SMILES string of the molecule is O=C(CCCCc1ccccc1Cl)c1ncc(-c2ccccn2)o1. The summed E-state index contributed by atoms with van der Waals surface area (Å²) in [6, 6.07) is 13.3. The molecule has 0 saturated carbocycles. The Morgan fingerprint density at radius 3 is 2.67 bits per heavy atom. The predicted molar refractivity (Wildman–Crippen MR) is 93.1 cm³/mol. The van der Waals surface area contributed by atoms with E-state index in [-0.39, 0.29) is 11.7 Å². The minimum Gasteiger partial charge on any atom is -0.432 e. The maximum absolute atomic E-state index is 12.2. The van der Waals surface area contributed by atoms with Crippen molar-refractivity contribution in [2.45, 2.75) is 25.7 Å². The second-order valence-electron chi connectivity index (χ2n) is 5.47. The van der Waals surface area contributed by atoms with E-state index in [1.165, 1.54) is 0 Å². The lowest BCUT2D eigenvalue weighted by molar-refractivity contribution is 0.0946. The van der Waals surface area contributed by atoms with Crippen LogP contribution in [0.25, 0.3) is 11.5 Å².